The standard InChI is InChI=1S/C11H13N5O2S/c1-16(2)5-7-6-19-11(12-7)13-10(18)8-3-4-9(17)15-14-8/h3-4,6H,5H2,1-2H3,(H,15,17)(H,12,13,18). The summed E-state index contributed by atoms with van der Waals surface area (Å²) in [5.74, 6) is -0.401. The van der Waals surface area contributed by atoms with Crippen molar-refractivity contribution in [1.82, 2.24) is 20.1 Å². The first-order chi connectivity index (χ1) is 9.04. The lowest BCUT2D eigenvalue weighted by Gasteiger charge is -2.05. The minimum absolute atomic E-state index is 0.143. The topological polar surface area (TPSA) is 91.0 Å². The molecule has 7 nitrogen and oxygen atoms in total. The van der Waals surface area contributed by atoms with Gasteiger partial charge in [-0.1, -0.05) is 0 Å². The first kappa shape index (κ1) is 13.4. The van der Waals surface area contributed by atoms with Crippen LogP contribution < -0.4 is 10.9 Å². The van der Waals surface area contributed by atoms with Gasteiger partial charge in [-0.2, -0.15) is 5.10 Å². The van der Waals surface area contributed by atoms with Crippen molar-refractivity contribution in [3.8, 4) is 0 Å². The average molecular weight is 279 g/mol. The molecule has 0 saturated heterocycles. The number of nitrogens with one attached hydrogen (secondary N) is 2. The zero-order chi connectivity index (χ0) is 13.8. The lowest BCUT2D eigenvalue weighted by atomic mass is 10.4. The first-order valence-electron chi connectivity index (χ1n) is 5.51. The molecule has 0 unspecified atom stereocenters. The summed E-state index contributed by atoms with van der Waals surface area (Å²) in [5, 5.41) is 10.9. The van der Waals surface area contributed by atoms with Crippen LogP contribution in [0.3, 0.4) is 0 Å². The summed E-state index contributed by atoms with van der Waals surface area (Å²) in [6.45, 7) is 0.712. The maximum atomic E-state index is 11.8. The molecule has 2 aromatic rings. The molecule has 8 heteroatoms. The van der Waals surface area contributed by atoms with Gasteiger partial charge in [0, 0.05) is 18.0 Å². The third-order valence-corrected chi connectivity index (χ3v) is 2.97. The molecule has 2 heterocycles. The van der Waals surface area contributed by atoms with E-state index in [4.69, 9.17) is 0 Å². The van der Waals surface area contributed by atoms with E-state index in [9.17, 15) is 9.59 Å². The lowest BCUT2D eigenvalue weighted by Crippen LogP contribution is -2.17. The van der Waals surface area contributed by atoms with Gasteiger partial charge in [0.2, 0.25) is 0 Å². The van der Waals surface area contributed by atoms with Crippen LogP contribution in [0.25, 0.3) is 0 Å². The van der Waals surface area contributed by atoms with Crippen LogP contribution in [0.15, 0.2) is 22.3 Å². The van der Waals surface area contributed by atoms with E-state index in [1.165, 1.54) is 23.5 Å². The zero-order valence-electron chi connectivity index (χ0n) is 10.5. The molecule has 0 aliphatic heterocycles. The summed E-state index contributed by atoms with van der Waals surface area (Å²) < 4.78 is 0. The Hall–Kier alpha value is -2.06. The van der Waals surface area contributed by atoms with Crippen molar-refractivity contribution in [2.75, 3.05) is 19.4 Å². The fourth-order valence-electron chi connectivity index (χ4n) is 1.39. The third-order valence-electron chi connectivity index (χ3n) is 2.16. The molecule has 0 radical (unpaired) electrons. The minimum atomic E-state index is -0.401. The molecule has 0 bridgehead atoms. The van der Waals surface area contributed by atoms with Gasteiger partial charge in [-0.05, 0) is 20.2 Å². The number of aromatic nitrogens is 3. The Labute approximate surface area is 113 Å². The molecule has 0 aliphatic rings. The van der Waals surface area contributed by atoms with Crippen molar-refractivity contribution in [2.24, 2.45) is 0 Å². The Kier molecular flexibility index (Phi) is 4.03. The van der Waals surface area contributed by atoms with Crippen molar-refractivity contribution >= 4 is 22.4 Å². The number of carbonyl (C=O) groups excluding carboxylic acids is 1. The molecule has 0 spiro atoms. The van der Waals surface area contributed by atoms with E-state index in [0.717, 1.165) is 5.69 Å². The van der Waals surface area contributed by atoms with Crippen LogP contribution in [0.1, 0.15) is 16.2 Å². The Balaban J connectivity index is 2.04. The van der Waals surface area contributed by atoms with Crippen LogP contribution in [0, 0.1) is 0 Å². The van der Waals surface area contributed by atoms with E-state index in [1.807, 2.05) is 24.4 Å². The number of anilines is 1. The molecule has 0 atom stereocenters. The quantitative estimate of drug-likeness (QED) is 0.852. The van der Waals surface area contributed by atoms with Gasteiger partial charge in [-0.15, -0.1) is 11.3 Å². The molecule has 2 aromatic heterocycles. The maximum Gasteiger partial charge on any atom is 0.277 e. The summed E-state index contributed by atoms with van der Waals surface area (Å²) in [5.41, 5.74) is 0.683. The fourth-order valence-corrected chi connectivity index (χ4v) is 2.09. The minimum Gasteiger partial charge on any atom is -0.304 e. The number of thiazole rings is 1. The van der Waals surface area contributed by atoms with Crippen LogP contribution >= 0.6 is 11.3 Å². The number of rotatable bonds is 4. The summed E-state index contributed by atoms with van der Waals surface area (Å²) in [6, 6.07) is 2.61. The predicted molar refractivity (Wildman–Crippen MR) is 72.3 cm³/mol. The van der Waals surface area contributed by atoms with E-state index >= 15 is 0 Å². The second-order valence-corrected chi connectivity index (χ2v) is 5.00. The number of aromatic amines is 1. The number of hydrogen-bond donors (Lipinski definition) is 2. The van der Waals surface area contributed by atoms with E-state index in [2.05, 4.69) is 20.5 Å². The molecule has 0 aromatic carbocycles. The molecule has 100 valence electrons. The normalized spacial score (nSPS) is 10.7. The van der Waals surface area contributed by atoms with Crippen LogP contribution in [0.5, 0.6) is 0 Å². The highest BCUT2D eigenvalue weighted by molar-refractivity contribution is 7.13. The second-order valence-electron chi connectivity index (χ2n) is 4.14. The predicted octanol–water partition coefficient (Wildman–Crippen LogP) is 0.540. The van der Waals surface area contributed by atoms with Gasteiger partial charge in [0.1, 0.15) is 5.69 Å². The Morgan fingerprint density at radius 1 is 1.47 bits per heavy atom. The van der Waals surface area contributed by atoms with E-state index in [1.54, 1.807) is 0 Å². The maximum absolute atomic E-state index is 11.8. The van der Waals surface area contributed by atoms with Crippen LogP contribution in [-0.4, -0.2) is 40.1 Å². The second kappa shape index (κ2) is 5.72. The van der Waals surface area contributed by atoms with E-state index in [-0.39, 0.29) is 11.3 Å². The van der Waals surface area contributed by atoms with Crippen molar-refractivity contribution in [3.05, 3.63) is 39.3 Å². The lowest BCUT2D eigenvalue weighted by molar-refractivity contribution is 0.102. The molecule has 2 N–H and O–H groups in total. The average Bonchev–Trinajstić information content (AvgIpc) is 2.76. The van der Waals surface area contributed by atoms with Gasteiger partial charge in [-0.25, -0.2) is 10.1 Å². The monoisotopic (exact) mass is 279 g/mol. The number of carbonyl (C=O) groups is 1. The largest absolute Gasteiger partial charge is 0.304 e. The summed E-state index contributed by atoms with van der Waals surface area (Å²) in [7, 11) is 3.89. The fraction of sp³-hybridized carbons (Fsp3) is 0.273. The van der Waals surface area contributed by atoms with Crippen LogP contribution in [0.4, 0.5) is 5.13 Å². The van der Waals surface area contributed by atoms with Gasteiger partial charge in [0.15, 0.2) is 5.13 Å². The number of hydrogen-bond acceptors (Lipinski definition) is 6. The number of H-pyrrole nitrogens is 1. The van der Waals surface area contributed by atoms with Crippen LogP contribution in [-0.2, 0) is 6.54 Å². The number of nitrogens with zero attached hydrogens (tertiary/aromatic N) is 3. The van der Waals surface area contributed by atoms with E-state index in [0.29, 0.717) is 11.7 Å². The Morgan fingerprint density at radius 2 is 2.26 bits per heavy atom. The van der Waals surface area contributed by atoms with Crippen molar-refractivity contribution < 1.29 is 4.79 Å². The molecular weight excluding hydrogens is 266 g/mol. The van der Waals surface area contributed by atoms with Gasteiger partial charge < -0.3 is 4.90 Å². The molecular formula is C11H13N5O2S. The van der Waals surface area contributed by atoms with Gasteiger partial charge in [0.05, 0.1) is 5.69 Å². The highest BCUT2D eigenvalue weighted by Gasteiger charge is 2.10. The molecule has 2 rings (SSSR count). The SMILES string of the molecule is CN(C)Cc1csc(NC(=O)c2ccc(=O)[nH]n2)n1. The number of amides is 1. The van der Waals surface area contributed by atoms with Gasteiger partial charge >= 0.3 is 0 Å². The Morgan fingerprint density at radius 3 is 2.89 bits per heavy atom. The molecule has 0 fully saturated rings. The van der Waals surface area contributed by atoms with Crippen molar-refractivity contribution in [3.63, 3.8) is 0 Å². The molecule has 1 amide bonds. The van der Waals surface area contributed by atoms with Gasteiger partial charge in [0.25, 0.3) is 11.5 Å². The molecule has 0 aliphatic carbocycles. The van der Waals surface area contributed by atoms with E-state index < -0.39 is 5.91 Å². The van der Waals surface area contributed by atoms with Gasteiger partial charge in [-0.3, -0.25) is 14.9 Å². The van der Waals surface area contributed by atoms with Crippen molar-refractivity contribution in [1.29, 1.82) is 0 Å². The highest BCUT2D eigenvalue weighted by Crippen LogP contribution is 2.16. The highest BCUT2D eigenvalue weighted by atomic mass is 32.1. The zero-order valence-corrected chi connectivity index (χ0v) is 11.3. The summed E-state index contributed by atoms with van der Waals surface area (Å²) in [4.78, 5) is 28.9. The smallest absolute Gasteiger partial charge is 0.277 e. The summed E-state index contributed by atoms with van der Waals surface area (Å²) in [6.07, 6.45) is 0. The van der Waals surface area contributed by atoms with Crippen molar-refractivity contribution in [2.45, 2.75) is 6.54 Å². The first-order valence-corrected chi connectivity index (χ1v) is 6.39. The van der Waals surface area contributed by atoms with Crippen LogP contribution in [0.2, 0.25) is 0 Å². The summed E-state index contributed by atoms with van der Waals surface area (Å²) >= 11 is 1.35. The molecule has 0 saturated carbocycles. The Bertz CT molecular complexity index is 614. The third kappa shape index (κ3) is 3.70. The molecule has 19 heavy (non-hydrogen) atoms.